The molecule has 0 saturated carbocycles. The Bertz CT molecular complexity index is 1660. The molecule has 184 valence electrons. The predicted molar refractivity (Wildman–Crippen MR) is 146 cm³/mol. The fraction of sp³-hybridized carbons (Fsp3) is 0.194. The topological polar surface area (TPSA) is 66.7 Å². The lowest BCUT2D eigenvalue weighted by atomic mass is 10.0. The number of rotatable bonds is 4. The van der Waals surface area contributed by atoms with Gasteiger partial charge < -0.3 is 9.32 Å². The van der Waals surface area contributed by atoms with Crippen molar-refractivity contribution in [3.05, 3.63) is 112 Å². The van der Waals surface area contributed by atoms with Gasteiger partial charge in [0.15, 0.2) is 11.0 Å². The molecule has 1 saturated heterocycles. The Kier molecular flexibility index (Phi) is 6.02. The molecule has 0 aliphatic carbocycles. The zero-order valence-electron chi connectivity index (χ0n) is 20.7. The van der Waals surface area contributed by atoms with E-state index in [-0.39, 0.29) is 11.3 Å². The number of pyridine rings is 1. The molecule has 1 aliphatic heterocycles. The molecule has 3 aromatic carbocycles. The molecule has 0 atom stereocenters. The van der Waals surface area contributed by atoms with Gasteiger partial charge in [-0.05, 0) is 30.7 Å². The standard InChI is InChI=1S/C31H27N3O3/c1-21-28(35)25-13-6-14-26(30(25)37-29(21)23-8-3-2-4-9-23)31(36)34-18-16-33(17-19-34)20-24-11-5-10-22-12-7-15-32-27(22)24/h2-15H,16-20H2,1H3. The zero-order valence-corrected chi connectivity index (χ0v) is 20.7. The number of amides is 1. The lowest BCUT2D eigenvalue weighted by Gasteiger charge is -2.35. The van der Waals surface area contributed by atoms with E-state index in [1.807, 2.05) is 47.5 Å². The molecule has 6 heteroatoms. The van der Waals surface area contributed by atoms with Crippen molar-refractivity contribution in [1.29, 1.82) is 0 Å². The Balaban J connectivity index is 1.25. The van der Waals surface area contributed by atoms with Crippen molar-refractivity contribution in [3.8, 4) is 11.3 Å². The Morgan fingerprint density at radius 3 is 2.46 bits per heavy atom. The Morgan fingerprint density at radius 2 is 1.65 bits per heavy atom. The number of para-hydroxylation sites is 2. The summed E-state index contributed by atoms with van der Waals surface area (Å²) >= 11 is 0. The molecule has 0 N–H and O–H groups in total. The van der Waals surface area contributed by atoms with E-state index in [0.29, 0.717) is 40.9 Å². The van der Waals surface area contributed by atoms with Gasteiger partial charge in [0.05, 0.1) is 16.5 Å². The Morgan fingerprint density at radius 1 is 0.892 bits per heavy atom. The van der Waals surface area contributed by atoms with Crippen molar-refractivity contribution in [2.45, 2.75) is 13.5 Å². The highest BCUT2D eigenvalue weighted by atomic mass is 16.3. The SMILES string of the molecule is Cc1c(-c2ccccc2)oc2c(C(=O)N3CCN(Cc4cccc5cccnc45)CC3)cccc2c1=O. The number of carbonyl (C=O) groups excluding carboxylic acids is 1. The molecule has 1 aliphatic rings. The summed E-state index contributed by atoms with van der Waals surface area (Å²) in [6.45, 7) is 5.30. The summed E-state index contributed by atoms with van der Waals surface area (Å²) in [5, 5.41) is 1.57. The molecule has 6 rings (SSSR count). The van der Waals surface area contributed by atoms with Crippen molar-refractivity contribution in [1.82, 2.24) is 14.8 Å². The maximum Gasteiger partial charge on any atom is 0.257 e. The van der Waals surface area contributed by atoms with Crippen LogP contribution in [0.5, 0.6) is 0 Å². The van der Waals surface area contributed by atoms with E-state index in [4.69, 9.17) is 4.42 Å². The molecule has 6 nitrogen and oxygen atoms in total. The van der Waals surface area contributed by atoms with Crippen molar-refractivity contribution in [2.75, 3.05) is 26.2 Å². The van der Waals surface area contributed by atoms with Gasteiger partial charge in [0.2, 0.25) is 0 Å². The van der Waals surface area contributed by atoms with E-state index in [9.17, 15) is 9.59 Å². The van der Waals surface area contributed by atoms with Gasteiger partial charge >= 0.3 is 0 Å². The van der Waals surface area contributed by atoms with Crippen molar-refractivity contribution < 1.29 is 9.21 Å². The van der Waals surface area contributed by atoms with Crippen molar-refractivity contribution in [2.24, 2.45) is 0 Å². The molecule has 5 aromatic rings. The third-order valence-corrected chi connectivity index (χ3v) is 7.18. The van der Waals surface area contributed by atoms with Crippen LogP contribution < -0.4 is 5.43 Å². The summed E-state index contributed by atoms with van der Waals surface area (Å²) in [7, 11) is 0. The van der Waals surface area contributed by atoms with Gasteiger partial charge in [-0.2, -0.15) is 0 Å². The summed E-state index contributed by atoms with van der Waals surface area (Å²) in [6.07, 6.45) is 1.83. The fourth-order valence-electron chi connectivity index (χ4n) is 5.16. The minimum absolute atomic E-state index is 0.108. The largest absolute Gasteiger partial charge is 0.455 e. The van der Waals surface area contributed by atoms with Crippen LogP contribution in [0.25, 0.3) is 33.2 Å². The van der Waals surface area contributed by atoms with Crippen LogP contribution in [-0.4, -0.2) is 46.9 Å². The second-order valence-corrected chi connectivity index (χ2v) is 9.49. The third-order valence-electron chi connectivity index (χ3n) is 7.18. The van der Waals surface area contributed by atoms with Gasteiger partial charge in [-0.15, -0.1) is 0 Å². The normalized spacial score (nSPS) is 14.4. The van der Waals surface area contributed by atoms with E-state index in [2.05, 4.69) is 34.1 Å². The van der Waals surface area contributed by atoms with Crippen LogP contribution in [0.2, 0.25) is 0 Å². The number of carbonyl (C=O) groups is 1. The predicted octanol–water partition coefficient (Wildman–Crippen LogP) is 5.27. The lowest BCUT2D eigenvalue weighted by molar-refractivity contribution is 0.0629. The Hall–Kier alpha value is -4.29. The summed E-state index contributed by atoms with van der Waals surface area (Å²) in [4.78, 5) is 35.6. The first-order chi connectivity index (χ1) is 18.1. The van der Waals surface area contributed by atoms with E-state index in [1.165, 1.54) is 5.56 Å². The van der Waals surface area contributed by atoms with Crippen LogP contribution in [0, 0.1) is 6.92 Å². The van der Waals surface area contributed by atoms with E-state index in [0.717, 1.165) is 36.1 Å². The number of aromatic nitrogens is 1. The first-order valence-corrected chi connectivity index (χ1v) is 12.6. The summed E-state index contributed by atoms with van der Waals surface area (Å²) in [5.74, 6) is 0.398. The van der Waals surface area contributed by atoms with Gasteiger partial charge in [-0.3, -0.25) is 19.5 Å². The maximum atomic E-state index is 13.6. The van der Waals surface area contributed by atoms with Crippen LogP contribution in [0.3, 0.4) is 0 Å². The molecule has 0 spiro atoms. The number of hydrogen-bond donors (Lipinski definition) is 0. The van der Waals surface area contributed by atoms with Crippen LogP contribution in [0.1, 0.15) is 21.5 Å². The van der Waals surface area contributed by atoms with E-state index >= 15 is 0 Å². The van der Waals surface area contributed by atoms with E-state index in [1.54, 1.807) is 25.1 Å². The average Bonchev–Trinajstić information content (AvgIpc) is 2.95. The molecule has 1 amide bonds. The summed E-state index contributed by atoms with van der Waals surface area (Å²) < 4.78 is 6.28. The smallest absolute Gasteiger partial charge is 0.257 e. The minimum atomic E-state index is -0.108. The van der Waals surface area contributed by atoms with Crippen molar-refractivity contribution in [3.63, 3.8) is 0 Å². The highest BCUT2D eigenvalue weighted by Crippen LogP contribution is 2.28. The molecule has 37 heavy (non-hydrogen) atoms. The van der Waals surface area contributed by atoms with Gasteiger partial charge in [-0.25, -0.2) is 0 Å². The van der Waals surface area contributed by atoms with Gasteiger partial charge in [0, 0.05) is 55.4 Å². The first kappa shape index (κ1) is 23.1. The molecule has 1 fully saturated rings. The third kappa shape index (κ3) is 4.30. The number of piperazine rings is 1. The van der Waals surface area contributed by atoms with E-state index < -0.39 is 0 Å². The van der Waals surface area contributed by atoms with Crippen LogP contribution in [0.4, 0.5) is 0 Å². The molecule has 0 radical (unpaired) electrons. The maximum absolute atomic E-state index is 13.6. The minimum Gasteiger partial charge on any atom is -0.455 e. The highest BCUT2D eigenvalue weighted by Gasteiger charge is 2.26. The molecule has 3 heterocycles. The van der Waals surface area contributed by atoms with Gasteiger partial charge in [0.25, 0.3) is 5.91 Å². The monoisotopic (exact) mass is 489 g/mol. The number of hydrogen-bond acceptors (Lipinski definition) is 5. The quantitative estimate of drug-likeness (QED) is 0.344. The molecule has 0 unspecified atom stereocenters. The average molecular weight is 490 g/mol. The lowest BCUT2D eigenvalue weighted by Crippen LogP contribution is -2.48. The van der Waals surface area contributed by atoms with Gasteiger partial charge in [-0.1, -0.05) is 60.7 Å². The fourth-order valence-corrected chi connectivity index (χ4v) is 5.16. The Labute approximate surface area is 214 Å². The number of fused-ring (bicyclic) bond motifs is 2. The molecule has 0 bridgehead atoms. The number of benzene rings is 3. The molecular formula is C31H27N3O3. The molecular weight excluding hydrogens is 462 g/mol. The molecule has 2 aromatic heterocycles. The van der Waals surface area contributed by atoms with Crippen LogP contribution in [0.15, 0.2) is 94.3 Å². The second-order valence-electron chi connectivity index (χ2n) is 9.49. The van der Waals surface area contributed by atoms with Crippen LogP contribution >= 0.6 is 0 Å². The summed E-state index contributed by atoms with van der Waals surface area (Å²) in [6, 6.07) is 25.1. The summed E-state index contributed by atoms with van der Waals surface area (Å²) in [5.41, 5.74) is 4.25. The van der Waals surface area contributed by atoms with Crippen molar-refractivity contribution >= 4 is 27.8 Å². The van der Waals surface area contributed by atoms with Crippen LogP contribution in [-0.2, 0) is 6.54 Å². The number of nitrogens with zero attached hydrogens (tertiary/aromatic N) is 3. The first-order valence-electron chi connectivity index (χ1n) is 12.6. The zero-order chi connectivity index (χ0) is 25.4. The second kappa shape index (κ2) is 9.64. The van der Waals surface area contributed by atoms with Gasteiger partial charge in [0.1, 0.15) is 5.76 Å². The highest BCUT2D eigenvalue weighted by molar-refractivity contribution is 6.05.